The summed E-state index contributed by atoms with van der Waals surface area (Å²) in [6, 6.07) is 6.02. The summed E-state index contributed by atoms with van der Waals surface area (Å²) >= 11 is 0. The molecule has 0 fully saturated rings. The lowest BCUT2D eigenvalue weighted by Gasteiger charge is -2.18. The van der Waals surface area contributed by atoms with Crippen LogP contribution < -0.4 is 14.8 Å². The van der Waals surface area contributed by atoms with Crippen molar-refractivity contribution < 1.29 is 13.9 Å². The number of furan rings is 1. The molecule has 1 unspecified atom stereocenters. The molecule has 0 aliphatic heterocycles. The Morgan fingerprint density at radius 3 is 2.45 bits per heavy atom. The van der Waals surface area contributed by atoms with Gasteiger partial charge in [-0.25, -0.2) is 0 Å². The van der Waals surface area contributed by atoms with Crippen molar-refractivity contribution in [3.8, 4) is 11.5 Å². The maximum atomic E-state index is 6.01. The first-order chi connectivity index (χ1) is 9.60. The standard InChI is InChI=1S/C16H23NO3/c1-6-17-16(10(2)3)15-9-12-13(19-5)7-11(18-4)8-14(12)20-15/h7-10,16-17H,6H2,1-5H3. The molecule has 0 amide bonds. The van der Waals surface area contributed by atoms with E-state index >= 15 is 0 Å². The van der Waals surface area contributed by atoms with E-state index in [4.69, 9.17) is 13.9 Å². The zero-order valence-electron chi connectivity index (χ0n) is 12.8. The zero-order valence-corrected chi connectivity index (χ0v) is 12.8. The predicted octanol–water partition coefficient (Wildman–Crippen LogP) is 3.76. The molecule has 0 saturated carbocycles. The van der Waals surface area contributed by atoms with Gasteiger partial charge in [-0.05, 0) is 18.5 Å². The van der Waals surface area contributed by atoms with Crippen LogP contribution >= 0.6 is 0 Å². The molecule has 20 heavy (non-hydrogen) atoms. The molecule has 0 radical (unpaired) electrons. The van der Waals surface area contributed by atoms with Crippen LogP contribution in [0.4, 0.5) is 0 Å². The van der Waals surface area contributed by atoms with Crippen molar-refractivity contribution >= 4 is 11.0 Å². The average Bonchev–Trinajstić information content (AvgIpc) is 2.86. The van der Waals surface area contributed by atoms with E-state index < -0.39 is 0 Å². The van der Waals surface area contributed by atoms with E-state index in [1.807, 2.05) is 12.1 Å². The van der Waals surface area contributed by atoms with Gasteiger partial charge in [0.15, 0.2) is 0 Å². The number of methoxy groups -OCH3 is 2. The summed E-state index contributed by atoms with van der Waals surface area (Å²) in [5.74, 6) is 2.89. The van der Waals surface area contributed by atoms with Gasteiger partial charge in [0.05, 0.1) is 25.6 Å². The van der Waals surface area contributed by atoms with E-state index in [9.17, 15) is 0 Å². The minimum atomic E-state index is 0.197. The lowest BCUT2D eigenvalue weighted by molar-refractivity contribution is 0.356. The predicted molar refractivity (Wildman–Crippen MR) is 80.6 cm³/mol. The summed E-state index contributed by atoms with van der Waals surface area (Å²) in [4.78, 5) is 0. The first kappa shape index (κ1) is 14.7. The second-order valence-corrected chi connectivity index (χ2v) is 5.17. The van der Waals surface area contributed by atoms with Crippen LogP contribution in [0.15, 0.2) is 22.6 Å². The molecule has 1 atom stereocenters. The van der Waals surface area contributed by atoms with Gasteiger partial charge in [0.25, 0.3) is 0 Å². The van der Waals surface area contributed by atoms with Crippen molar-refractivity contribution in [3.63, 3.8) is 0 Å². The number of nitrogens with one attached hydrogen (secondary N) is 1. The third-order valence-corrected chi connectivity index (χ3v) is 3.44. The smallest absolute Gasteiger partial charge is 0.141 e. The van der Waals surface area contributed by atoms with E-state index in [1.54, 1.807) is 14.2 Å². The third kappa shape index (κ3) is 2.75. The van der Waals surface area contributed by atoms with Gasteiger partial charge < -0.3 is 19.2 Å². The minimum absolute atomic E-state index is 0.197. The van der Waals surface area contributed by atoms with Crippen molar-refractivity contribution in [3.05, 3.63) is 24.0 Å². The molecule has 2 aromatic rings. The first-order valence-electron chi connectivity index (χ1n) is 6.99. The lowest BCUT2D eigenvalue weighted by Crippen LogP contribution is -2.24. The number of benzene rings is 1. The second-order valence-electron chi connectivity index (χ2n) is 5.17. The Bertz CT molecular complexity index is 574. The fourth-order valence-electron chi connectivity index (χ4n) is 2.43. The van der Waals surface area contributed by atoms with Crippen LogP contribution in [0.25, 0.3) is 11.0 Å². The topological polar surface area (TPSA) is 43.6 Å². The van der Waals surface area contributed by atoms with Crippen LogP contribution in [0.5, 0.6) is 11.5 Å². The summed E-state index contributed by atoms with van der Waals surface area (Å²) in [5, 5.41) is 4.44. The monoisotopic (exact) mass is 277 g/mol. The van der Waals surface area contributed by atoms with E-state index in [0.717, 1.165) is 34.8 Å². The summed E-state index contributed by atoms with van der Waals surface area (Å²) in [6.45, 7) is 7.36. The van der Waals surface area contributed by atoms with Gasteiger partial charge in [0.1, 0.15) is 22.8 Å². The molecule has 0 bridgehead atoms. The Morgan fingerprint density at radius 1 is 1.15 bits per heavy atom. The second kappa shape index (κ2) is 6.18. The van der Waals surface area contributed by atoms with Gasteiger partial charge >= 0.3 is 0 Å². The van der Waals surface area contributed by atoms with Crippen LogP contribution in [0.1, 0.15) is 32.6 Å². The fourth-order valence-corrected chi connectivity index (χ4v) is 2.43. The normalized spacial score (nSPS) is 12.9. The van der Waals surface area contributed by atoms with Crippen molar-refractivity contribution in [2.24, 2.45) is 5.92 Å². The molecular formula is C16H23NO3. The molecule has 4 nitrogen and oxygen atoms in total. The summed E-state index contributed by atoms with van der Waals surface area (Å²) in [6.07, 6.45) is 0. The number of hydrogen-bond donors (Lipinski definition) is 1. The van der Waals surface area contributed by atoms with E-state index in [0.29, 0.717) is 5.92 Å². The molecule has 0 aliphatic rings. The molecule has 0 saturated heterocycles. The first-order valence-corrected chi connectivity index (χ1v) is 6.99. The Balaban J connectivity index is 2.51. The van der Waals surface area contributed by atoms with Gasteiger partial charge in [-0.1, -0.05) is 20.8 Å². The zero-order chi connectivity index (χ0) is 14.7. The molecule has 4 heteroatoms. The maximum absolute atomic E-state index is 6.01. The highest BCUT2D eigenvalue weighted by molar-refractivity contribution is 5.86. The Labute approximate surface area is 120 Å². The van der Waals surface area contributed by atoms with Gasteiger partial charge in [-0.2, -0.15) is 0 Å². The molecule has 1 aromatic heterocycles. The molecule has 1 heterocycles. The molecule has 2 rings (SSSR count). The molecule has 110 valence electrons. The van der Waals surface area contributed by atoms with Crippen LogP contribution in [-0.4, -0.2) is 20.8 Å². The Kier molecular flexibility index (Phi) is 4.55. The van der Waals surface area contributed by atoms with E-state index in [2.05, 4.69) is 32.2 Å². The average molecular weight is 277 g/mol. The number of ether oxygens (including phenoxy) is 2. The minimum Gasteiger partial charge on any atom is -0.496 e. The number of rotatable bonds is 6. The largest absolute Gasteiger partial charge is 0.496 e. The summed E-state index contributed by atoms with van der Waals surface area (Å²) < 4.78 is 16.7. The Hall–Kier alpha value is -1.68. The highest BCUT2D eigenvalue weighted by Gasteiger charge is 2.20. The van der Waals surface area contributed by atoms with Gasteiger partial charge in [-0.15, -0.1) is 0 Å². The van der Waals surface area contributed by atoms with E-state index in [1.165, 1.54) is 0 Å². The van der Waals surface area contributed by atoms with Gasteiger partial charge in [0.2, 0.25) is 0 Å². The van der Waals surface area contributed by atoms with Crippen LogP contribution in [0.3, 0.4) is 0 Å². The van der Waals surface area contributed by atoms with Crippen LogP contribution in [0, 0.1) is 5.92 Å². The number of fused-ring (bicyclic) bond motifs is 1. The molecule has 0 spiro atoms. The molecule has 1 aromatic carbocycles. The third-order valence-electron chi connectivity index (χ3n) is 3.44. The summed E-state index contributed by atoms with van der Waals surface area (Å²) in [5.41, 5.74) is 0.791. The van der Waals surface area contributed by atoms with Gasteiger partial charge in [0, 0.05) is 12.1 Å². The number of hydrogen-bond acceptors (Lipinski definition) is 4. The van der Waals surface area contributed by atoms with E-state index in [-0.39, 0.29) is 6.04 Å². The molecule has 0 aliphatic carbocycles. The maximum Gasteiger partial charge on any atom is 0.141 e. The highest BCUT2D eigenvalue weighted by atomic mass is 16.5. The molecular weight excluding hydrogens is 254 g/mol. The van der Waals surface area contributed by atoms with Crippen molar-refractivity contribution in [1.82, 2.24) is 5.32 Å². The van der Waals surface area contributed by atoms with Crippen LogP contribution in [0.2, 0.25) is 0 Å². The summed E-state index contributed by atoms with van der Waals surface area (Å²) in [7, 11) is 3.30. The fraction of sp³-hybridized carbons (Fsp3) is 0.500. The highest BCUT2D eigenvalue weighted by Crippen LogP contribution is 2.36. The van der Waals surface area contributed by atoms with Gasteiger partial charge in [-0.3, -0.25) is 0 Å². The SMILES string of the molecule is CCNC(c1cc2c(OC)cc(OC)cc2o1)C(C)C. The van der Waals surface area contributed by atoms with Crippen molar-refractivity contribution in [2.45, 2.75) is 26.8 Å². The van der Waals surface area contributed by atoms with Crippen LogP contribution in [-0.2, 0) is 0 Å². The quantitative estimate of drug-likeness (QED) is 0.873. The van der Waals surface area contributed by atoms with Crippen molar-refractivity contribution in [2.75, 3.05) is 20.8 Å². The lowest BCUT2D eigenvalue weighted by atomic mass is 10.0. The Morgan fingerprint density at radius 2 is 1.90 bits per heavy atom. The molecule has 1 N–H and O–H groups in total. The van der Waals surface area contributed by atoms with Crippen molar-refractivity contribution in [1.29, 1.82) is 0 Å².